The Morgan fingerprint density at radius 3 is 1.65 bits per heavy atom. The fraction of sp³-hybridized carbons (Fsp3) is 0.812. The average molecular weight is 391 g/mol. The standard InChI is InChI=1S/C16H38O3Si4/c1-12-13-18-16(17)15(2)14-23(21(6,7)8,22(9,10)11)19-20(3,4)5/h14H,12-13H2,1-11H3/b15-14+. The number of carbonyl (C=O) groups excluding carboxylic acids is 1. The highest BCUT2D eigenvalue weighted by Gasteiger charge is 2.57. The van der Waals surface area contributed by atoms with E-state index >= 15 is 0 Å². The zero-order valence-electron chi connectivity index (χ0n) is 17.2. The van der Waals surface area contributed by atoms with E-state index in [2.05, 4.69) is 64.6 Å². The van der Waals surface area contributed by atoms with Crippen LogP contribution in [0.25, 0.3) is 0 Å². The Bertz CT molecular complexity index is 426. The summed E-state index contributed by atoms with van der Waals surface area (Å²) >= 11 is 0. The van der Waals surface area contributed by atoms with Crippen molar-refractivity contribution in [3.8, 4) is 0 Å². The molecule has 0 heterocycles. The van der Waals surface area contributed by atoms with Crippen molar-refractivity contribution in [1.29, 1.82) is 0 Å². The normalized spacial score (nSPS) is 14.8. The van der Waals surface area contributed by atoms with Crippen LogP contribution in [0.3, 0.4) is 0 Å². The molecule has 0 fully saturated rings. The van der Waals surface area contributed by atoms with Gasteiger partial charge in [0.05, 0.1) is 21.8 Å². The van der Waals surface area contributed by atoms with Crippen LogP contribution < -0.4 is 0 Å². The highest BCUT2D eigenvalue weighted by atomic mass is 29.7. The molecule has 0 rings (SSSR count). The Morgan fingerprint density at radius 2 is 1.35 bits per heavy atom. The molecule has 0 unspecified atom stereocenters. The van der Waals surface area contributed by atoms with E-state index in [1.807, 2.05) is 13.8 Å². The Kier molecular flexibility index (Phi) is 7.96. The van der Waals surface area contributed by atoms with Gasteiger partial charge >= 0.3 is 5.97 Å². The number of ether oxygens (including phenoxy) is 1. The van der Waals surface area contributed by atoms with Gasteiger partial charge in [-0.3, -0.25) is 0 Å². The highest BCUT2D eigenvalue weighted by Crippen LogP contribution is 2.35. The Labute approximate surface area is 147 Å². The van der Waals surface area contributed by atoms with E-state index in [1.54, 1.807) is 0 Å². The molecule has 0 N–H and O–H groups in total. The predicted octanol–water partition coefficient (Wildman–Crippen LogP) is 5.06. The first-order chi connectivity index (χ1) is 10.1. The summed E-state index contributed by atoms with van der Waals surface area (Å²) in [5.41, 5.74) is 3.04. The summed E-state index contributed by atoms with van der Waals surface area (Å²) in [5.74, 6) is -0.167. The van der Waals surface area contributed by atoms with Crippen LogP contribution in [0.4, 0.5) is 0 Å². The molecule has 0 aliphatic carbocycles. The van der Waals surface area contributed by atoms with Gasteiger partial charge in [-0.15, -0.1) is 0 Å². The van der Waals surface area contributed by atoms with Crippen molar-refractivity contribution in [3.05, 3.63) is 11.3 Å². The minimum absolute atomic E-state index is 0.167. The first kappa shape index (κ1) is 23.0. The number of hydrogen-bond acceptors (Lipinski definition) is 3. The average Bonchev–Trinajstić information content (AvgIpc) is 2.30. The minimum Gasteiger partial charge on any atom is -0.462 e. The van der Waals surface area contributed by atoms with E-state index in [0.29, 0.717) is 6.61 Å². The number of carbonyl (C=O) groups is 1. The molecular formula is C16H38O3Si4. The second kappa shape index (κ2) is 7.94. The van der Waals surface area contributed by atoms with Gasteiger partial charge in [-0.25, -0.2) is 4.79 Å². The third kappa shape index (κ3) is 6.45. The smallest absolute Gasteiger partial charge is 0.333 e. The summed E-state index contributed by atoms with van der Waals surface area (Å²) in [7, 11) is -7.01. The summed E-state index contributed by atoms with van der Waals surface area (Å²) in [6, 6.07) is 0. The second-order valence-electron chi connectivity index (χ2n) is 9.41. The lowest BCUT2D eigenvalue weighted by Crippen LogP contribution is -2.75. The van der Waals surface area contributed by atoms with Crippen molar-refractivity contribution in [2.75, 3.05) is 6.61 Å². The van der Waals surface area contributed by atoms with Gasteiger partial charge in [-0.2, -0.15) is 0 Å². The Hall–Kier alpha value is 0.0375. The first-order valence-electron chi connectivity index (χ1n) is 8.64. The van der Waals surface area contributed by atoms with Gasteiger partial charge in [0, 0.05) is 5.57 Å². The van der Waals surface area contributed by atoms with Crippen LogP contribution in [-0.4, -0.2) is 43.4 Å². The summed E-state index contributed by atoms with van der Waals surface area (Å²) in [6.45, 7) is 25.7. The molecule has 0 aromatic rings. The molecule has 0 saturated carbocycles. The van der Waals surface area contributed by atoms with Crippen molar-refractivity contribution >= 4 is 36.8 Å². The molecule has 0 aliphatic heterocycles. The molecule has 0 bridgehead atoms. The van der Waals surface area contributed by atoms with Crippen molar-refractivity contribution in [1.82, 2.24) is 0 Å². The van der Waals surface area contributed by atoms with E-state index < -0.39 is 30.9 Å². The maximum Gasteiger partial charge on any atom is 0.333 e. The van der Waals surface area contributed by atoms with Gasteiger partial charge in [0.2, 0.25) is 0 Å². The number of esters is 1. The molecule has 23 heavy (non-hydrogen) atoms. The van der Waals surface area contributed by atoms with E-state index in [1.165, 1.54) is 0 Å². The molecule has 0 aromatic carbocycles. The minimum atomic E-state index is -2.12. The van der Waals surface area contributed by atoms with Crippen molar-refractivity contribution < 1.29 is 13.6 Å². The maximum absolute atomic E-state index is 12.3. The molecular weight excluding hydrogens is 353 g/mol. The number of hydrogen-bond donors (Lipinski definition) is 0. The summed E-state index contributed by atoms with van der Waals surface area (Å²) in [5, 5.41) is 0. The lowest BCUT2D eigenvalue weighted by Gasteiger charge is -2.51. The van der Waals surface area contributed by atoms with E-state index in [4.69, 9.17) is 8.85 Å². The molecule has 0 aromatic heterocycles. The van der Waals surface area contributed by atoms with Gasteiger partial charge in [0.1, 0.15) is 0 Å². The molecule has 0 radical (unpaired) electrons. The van der Waals surface area contributed by atoms with Crippen LogP contribution in [-0.2, 0) is 13.6 Å². The van der Waals surface area contributed by atoms with Gasteiger partial charge < -0.3 is 8.85 Å². The molecule has 7 heteroatoms. The predicted molar refractivity (Wildman–Crippen MR) is 112 cm³/mol. The molecule has 0 saturated heterocycles. The third-order valence-corrected chi connectivity index (χ3v) is 42.5. The van der Waals surface area contributed by atoms with Crippen molar-refractivity contribution in [2.24, 2.45) is 0 Å². The van der Waals surface area contributed by atoms with E-state index in [9.17, 15) is 4.79 Å². The summed E-state index contributed by atoms with van der Waals surface area (Å²) < 4.78 is 12.4. The Morgan fingerprint density at radius 1 is 0.913 bits per heavy atom. The van der Waals surface area contributed by atoms with E-state index in [0.717, 1.165) is 12.0 Å². The number of rotatable bonds is 8. The maximum atomic E-state index is 12.3. The van der Waals surface area contributed by atoms with Gasteiger partial charge in [-0.05, 0) is 33.0 Å². The molecule has 3 nitrogen and oxygen atoms in total. The molecule has 0 atom stereocenters. The second-order valence-corrected chi connectivity index (χ2v) is 40.2. The zero-order valence-corrected chi connectivity index (χ0v) is 21.2. The zero-order chi connectivity index (χ0) is 18.7. The molecule has 136 valence electrons. The van der Waals surface area contributed by atoms with Crippen LogP contribution >= 0.6 is 0 Å². The third-order valence-electron chi connectivity index (χ3n) is 3.87. The van der Waals surface area contributed by atoms with Gasteiger partial charge in [0.25, 0.3) is 0 Å². The molecule has 0 amide bonds. The SMILES string of the molecule is CCCOC(=O)/C(C)=C/[Si](O[Si](C)(C)C)([Si](C)(C)C)[Si](C)(C)C. The van der Waals surface area contributed by atoms with Gasteiger partial charge in [-0.1, -0.05) is 51.9 Å². The lowest BCUT2D eigenvalue weighted by molar-refractivity contribution is -0.138. The van der Waals surface area contributed by atoms with Crippen LogP contribution in [0, 0.1) is 0 Å². The Balaban J connectivity index is 6.09. The quantitative estimate of drug-likeness (QED) is 0.330. The summed E-state index contributed by atoms with van der Waals surface area (Å²) in [6.07, 6.45) is 0.856. The topological polar surface area (TPSA) is 35.5 Å². The fourth-order valence-corrected chi connectivity index (χ4v) is 55.4. The van der Waals surface area contributed by atoms with Crippen LogP contribution in [0.15, 0.2) is 11.3 Å². The van der Waals surface area contributed by atoms with E-state index in [-0.39, 0.29) is 5.97 Å². The molecule has 0 spiro atoms. The van der Waals surface area contributed by atoms with Crippen molar-refractivity contribution in [2.45, 2.75) is 79.2 Å². The monoisotopic (exact) mass is 390 g/mol. The molecule has 0 aliphatic rings. The highest BCUT2D eigenvalue weighted by molar-refractivity contribution is 7.69. The van der Waals surface area contributed by atoms with Crippen LogP contribution in [0.5, 0.6) is 0 Å². The van der Waals surface area contributed by atoms with Gasteiger partial charge in [0.15, 0.2) is 15.7 Å². The lowest BCUT2D eigenvalue weighted by atomic mass is 10.4. The summed E-state index contributed by atoms with van der Waals surface area (Å²) in [4.78, 5) is 12.3. The van der Waals surface area contributed by atoms with Crippen molar-refractivity contribution in [3.63, 3.8) is 0 Å². The van der Waals surface area contributed by atoms with Crippen LogP contribution in [0.2, 0.25) is 58.9 Å². The fourth-order valence-electron chi connectivity index (χ4n) is 3.05. The first-order valence-corrected chi connectivity index (χ1v) is 23.0. The van der Waals surface area contributed by atoms with Crippen LogP contribution in [0.1, 0.15) is 20.3 Å². The largest absolute Gasteiger partial charge is 0.462 e.